The molecule has 2 aromatic rings. The van der Waals surface area contributed by atoms with Crippen LogP contribution in [0.2, 0.25) is 0 Å². The first-order valence-corrected chi connectivity index (χ1v) is 9.74. The zero-order valence-electron chi connectivity index (χ0n) is 15.7. The Labute approximate surface area is 163 Å². The summed E-state index contributed by atoms with van der Waals surface area (Å²) in [6.45, 7) is 1.12. The largest absolute Gasteiger partial charge is 0.491 e. The summed E-state index contributed by atoms with van der Waals surface area (Å²) in [5.74, 6) is 1.35. The zero-order valence-corrected chi connectivity index (χ0v) is 15.7. The van der Waals surface area contributed by atoms with Crippen LogP contribution in [0.4, 0.5) is 4.39 Å². The van der Waals surface area contributed by atoms with Crippen molar-refractivity contribution in [1.82, 2.24) is 14.9 Å². The fourth-order valence-electron chi connectivity index (χ4n) is 3.46. The number of amides is 1. The van der Waals surface area contributed by atoms with E-state index in [9.17, 15) is 14.3 Å². The topological polar surface area (TPSA) is 75.6 Å². The van der Waals surface area contributed by atoms with Crippen LogP contribution < -0.4 is 4.74 Å². The fraction of sp³-hybridized carbons (Fsp3) is 0.476. The third kappa shape index (κ3) is 4.47. The molecule has 2 aliphatic rings. The molecule has 1 aromatic carbocycles. The molecule has 1 aromatic heterocycles. The van der Waals surface area contributed by atoms with Crippen LogP contribution in [0.25, 0.3) is 0 Å². The lowest BCUT2D eigenvalue weighted by atomic mass is 9.96. The Morgan fingerprint density at radius 1 is 1.18 bits per heavy atom. The summed E-state index contributed by atoms with van der Waals surface area (Å²) in [4.78, 5) is 23.2. The van der Waals surface area contributed by atoms with E-state index in [0.717, 1.165) is 18.7 Å². The van der Waals surface area contributed by atoms with Gasteiger partial charge in [0.1, 0.15) is 29.6 Å². The number of hydrogen-bond acceptors (Lipinski definition) is 5. The van der Waals surface area contributed by atoms with E-state index in [1.807, 2.05) is 0 Å². The Hall–Kier alpha value is -2.54. The first kappa shape index (κ1) is 18.8. The Balaban J connectivity index is 1.34. The van der Waals surface area contributed by atoms with Gasteiger partial charge >= 0.3 is 0 Å². The Morgan fingerprint density at radius 2 is 1.89 bits per heavy atom. The van der Waals surface area contributed by atoms with E-state index < -0.39 is 5.60 Å². The molecule has 0 radical (unpaired) electrons. The second-order valence-electron chi connectivity index (χ2n) is 7.72. The molecule has 6 nitrogen and oxygen atoms in total. The quantitative estimate of drug-likeness (QED) is 0.857. The van der Waals surface area contributed by atoms with E-state index >= 15 is 0 Å². The molecule has 0 spiro atoms. The number of hydrogen-bond donors (Lipinski definition) is 1. The smallest absolute Gasteiger partial charge is 0.256 e. The van der Waals surface area contributed by atoms with Crippen molar-refractivity contribution in [2.45, 2.75) is 43.6 Å². The molecule has 1 saturated heterocycles. The molecule has 1 N–H and O–H groups in total. The molecular formula is C21H24FN3O3. The maximum atomic E-state index is 13.0. The van der Waals surface area contributed by atoms with Crippen molar-refractivity contribution in [2.75, 3.05) is 19.7 Å². The first-order chi connectivity index (χ1) is 13.5. The summed E-state index contributed by atoms with van der Waals surface area (Å²) in [7, 11) is 0. The minimum absolute atomic E-state index is 0.106. The number of nitrogens with zero attached hydrogens (tertiary/aromatic N) is 3. The SMILES string of the molecule is O=C(c1cnc(C2CC2)nc1)N1CCCC(O)(COc2ccc(F)cc2)CC1. The normalized spacial score (nSPS) is 22.6. The number of aliphatic hydroxyl groups is 1. The lowest BCUT2D eigenvalue weighted by Gasteiger charge is -2.27. The fourth-order valence-corrected chi connectivity index (χ4v) is 3.46. The van der Waals surface area contributed by atoms with Gasteiger partial charge in [0.2, 0.25) is 0 Å². The highest BCUT2D eigenvalue weighted by Crippen LogP contribution is 2.37. The molecule has 1 aliphatic heterocycles. The Morgan fingerprint density at radius 3 is 2.57 bits per heavy atom. The molecule has 148 valence electrons. The maximum absolute atomic E-state index is 13.0. The van der Waals surface area contributed by atoms with Crippen LogP contribution in [-0.2, 0) is 0 Å². The van der Waals surface area contributed by atoms with Crippen LogP contribution in [0.5, 0.6) is 5.75 Å². The van der Waals surface area contributed by atoms with Crippen LogP contribution >= 0.6 is 0 Å². The van der Waals surface area contributed by atoms with E-state index in [4.69, 9.17) is 4.74 Å². The average Bonchev–Trinajstić information content (AvgIpc) is 3.56. The van der Waals surface area contributed by atoms with Gasteiger partial charge in [0.25, 0.3) is 5.91 Å². The first-order valence-electron chi connectivity index (χ1n) is 9.74. The number of carbonyl (C=O) groups is 1. The monoisotopic (exact) mass is 385 g/mol. The number of aromatic nitrogens is 2. The third-order valence-electron chi connectivity index (χ3n) is 5.39. The Bertz CT molecular complexity index is 824. The summed E-state index contributed by atoms with van der Waals surface area (Å²) in [6, 6.07) is 5.72. The van der Waals surface area contributed by atoms with Gasteiger partial charge in [0, 0.05) is 31.4 Å². The molecule has 1 saturated carbocycles. The maximum Gasteiger partial charge on any atom is 0.256 e. The van der Waals surface area contributed by atoms with Crippen molar-refractivity contribution in [1.29, 1.82) is 0 Å². The summed E-state index contributed by atoms with van der Waals surface area (Å²) < 4.78 is 18.6. The standard InChI is InChI=1S/C21H24FN3O3/c22-17-4-6-18(7-5-17)28-14-21(27)8-1-10-25(11-9-21)20(26)16-12-23-19(24-13-16)15-2-3-15/h4-7,12-13,15,27H,1-3,8-11,14H2. The number of benzene rings is 1. The van der Waals surface area contributed by atoms with Crippen molar-refractivity contribution in [3.63, 3.8) is 0 Å². The van der Waals surface area contributed by atoms with Gasteiger partial charge in [-0.25, -0.2) is 14.4 Å². The predicted octanol–water partition coefficient (Wildman–Crippen LogP) is 2.93. The van der Waals surface area contributed by atoms with Crippen molar-refractivity contribution in [3.8, 4) is 5.75 Å². The van der Waals surface area contributed by atoms with Crippen LogP contribution in [0.15, 0.2) is 36.7 Å². The highest BCUT2D eigenvalue weighted by molar-refractivity contribution is 5.93. The van der Waals surface area contributed by atoms with Crippen LogP contribution in [0.3, 0.4) is 0 Å². The second kappa shape index (κ2) is 7.83. The van der Waals surface area contributed by atoms with Crippen LogP contribution in [0.1, 0.15) is 54.2 Å². The van der Waals surface area contributed by atoms with Gasteiger partial charge in [0.15, 0.2) is 0 Å². The van der Waals surface area contributed by atoms with Gasteiger partial charge in [0.05, 0.1) is 5.56 Å². The van der Waals surface area contributed by atoms with Gasteiger partial charge in [-0.3, -0.25) is 4.79 Å². The van der Waals surface area contributed by atoms with Crippen molar-refractivity contribution >= 4 is 5.91 Å². The highest BCUT2D eigenvalue weighted by Gasteiger charge is 2.33. The van der Waals surface area contributed by atoms with E-state index in [1.165, 1.54) is 24.3 Å². The van der Waals surface area contributed by atoms with E-state index in [-0.39, 0.29) is 18.3 Å². The van der Waals surface area contributed by atoms with Gasteiger partial charge in [-0.1, -0.05) is 0 Å². The molecule has 0 bridgehead atoms. The van der Waals surface area contributed by atoms with Crippen LogP contribution in [0, 0.1) is 5.82 Å². The second-order valence-corrected chi connectivity index (χ2v) is 7.72. The molecule has 4 rings (SSSR count). The van der Waals surface area contributed by atoms with Gasteiger partial charge < -0.3 is 14.7 Å². The predicted molar refractivity (Wildman–Crippen MR) is 101 cm³/mol. The summed E-state index contributed by atoms with van der Waals surface area (Å²) >= 11 is 0. The molecule has 1 aliphatic carbocycles. The molecule has 28 heavy (non-hydrogen) atoms. The molecule has 1 atom stereocenters. The lowest BCUT2D eigenvalue weighted by Crippen LogP contribution is -2.38. The average molecular weight is 385 g/mol. The number of halogens is 1. The van der Waals surface area contributed by atoms with E-state index in [1.54, 1.807) is 17.3 Å². The van der Waals surface area contributed by atoms with Crippen LogP contribution in [-0.4, -0.2) is 51.2 Å². The van der Waals surface area contributed by atoms with Gasteiger partial charge in [-0.15, -0.1) is 0 Å². The minimum atomic E-state index is -1.02. The number of likely N-dealkylation sites (tertiary alicyclic amines) is 1. The minimum Gasteiger partial charge on any atom is -0.491 e. The third-order valence-corrected chi connectivity index (χ3v) is 5.39. The Kier molecular flexibility index (Phi) is 5.26. The molecule has 1 unspecified atom stereocenters. The molecule has 2 fully saturated rings. The molecule has 7 heteroatoms. The van der Waals surface area contributed by atoms with E-state index in [2.05, 4.69) is 9.97 Å². The highest BCUT2D eigenvalue weighted by atomic mass is 19.1. The summed E-state index contributed by atoms with van der Waals surface area (Å²) in [5.41, 5.74) is -0.534. The van der Waals surface area contributed by atoms with Gasteiger partial charge in [-0.2, -0.15) is 0 Å². The van der Waals surface area contributed by atoms with Crippen molar-refractivity contribution in [2.24, 2.45) is 0 Å². The summed E-state index contributed by atoms with van der Waals surface area (Å²) in [5, 5.41) is 10.9. The molecule has 1 amide bonds. The van der Waals surface area contributed by atoms with Crippen molar-refractivity contribution in [3.05, 3.63) is 53.9 Å². The van der Waals surface area contributed by atoms with Crippen molar-refractivity contribution < 1.29 is 19.0 Å². The lowest BCUT2D eigenvalue weighted by molar-refractivity contribution is -0.0163. The number of rotatable bonds is 5. The summed E-state index contributed by atoms with van der Waals surface area (Å²) in [6.07, 6.45) is 7.09. The number of ether oxygens (including phenoxy) is 1. The molecular weight excluding hydrogens is 361 g/mol. The number of carbonyl (C=O) groups excluding carboxylic acids is 1. The van der Waals surface area contributed by atoms with Gasteiger partial charge in [-0.05, 0) is 56.4 Å². The zero-order chi connectivity index (χ0) is 19.6. The van der Waals surface area contributed by atoms with E-state index in [0.29, 0.717) is 49.6 Å². The molecule has 2 heterocycles.